The zero-order chi connectivity index (χ0) is 2.00. The summed E-state index contributed by atoms with van der Waals surface area (Å²) < 4.78 is 8.33. The predicted molar refractivity (Wildman–Crippen MR) is 12.2 cm³/mol. The Labute approximate surface area is 167 Å². The van der Waals surface area contributed by atoms with Crippen molar-refractivity contribution in [2.45, 2.75) is 0 Å². The number of rotatable bonds is 0. The summed E-state index contributed by atoms with van der Waals surface area (Å²) in [6.45, 7) is 0. The van der Waals surface area contributed by atoms with E-state index in [1.165, 1.54) is 0 Å². The fourth-order valence-electron chi connectivity index (χ4n) is 0. The van der Waals surface area contributed by atoms with Crippen LogP contribution in [0.2, 0.25) is 0 Å². The molecule has 51 valence electrons. The fourth-order valence-corrected chi connectivity index (χ4v) is 0. The Morgan fingerprint density at radius 1 is 1.12 bits per heavy atom. The Balaban J connectivity index is -0.000000000333. The van der Waals surface area contributed by atoms with E-state index in [2.05, 4.69) is 0 Å². The molecular formula is BiCoFeKMoNiOW. The topological polar surface area (TPSA) is 17.1 Å². The van der Waals surface area contributed by atoms with Crippen LogP contribution in [0.1, 0.15) is 0 Å². The molecule has 0 aliphatic carbocycles. The van der Waals surface area contributed by atoms with Crippen LogP contribution in [0.3, 0.4) is 0 Å². The van der Waals surface area contributed by atoms with Crippen LogP contribution in [0.5, 0.6) is 0 Å². The van der Waals surface area contributed by atoms with E-state index < -0.39 is 0 Å². The van der Waals surface area contributed by atoms with Crippen LogP contribution in [0.25, 0.3) is 0 Å². The van der Waals surface area contributed by atoms with Crippen molar-refractivity contribution in [2.24, 2.45) is 0 Å². The molecule has 0 amide bonds. The first kappa shape index (κ1) is 51.0. The van der Waals surface area contributed by atoms with Gasteiger partial charge in [0.15, 0.2) is 0 Å². The molecule has 0 atom stereocenters. The van der Waals surface area contributed by atoms with Gasteiger partial charge in [0, 0.05) is 149 Å². The number of hydrogen-bond donors (Lipinski definition) is 0. The molecule has 0 aromatic heterocycles. The summed E-state index contributed by atoms with van der Waals surface area (Å²) in [4.78, 5) is 0. The molecule has 0 unspecified atom stereocenters. The van der Waals surface area contributed by atoms with Crippen molar-refractivity contribution in [3.8, 4) is 0 Å². The maximum absolute atomic E-state index is 8.33. The zero-order valence-corrected chi connectivity index (χ0v) is 18.3. The molecule has 0 aliphatic heterocycles. The van der Waals surface area contributed by atoms with Gasteiger partial charge in [-0.1, -0.05) is 0 Å². The first-order valence-electron chi connectivity index (χ1n) is 0.167. The summed E-state index contributed by atoms with van der Waals surface area (Å²) >= 11 is 0.333. The van der Waals surface area contributed by atoms with Crippen molar-refractivity contribution < 1.29 is 94.6 Å². The van der Waals surface area contributed by atoms with E-state index in [0.717, 1.165) is 0 Å². The summed E-state index contributed by atoms with van der Waals surface area (Å²) in [5.74, 6) is 0. The second-order valence-electron chi connectivity index (χ2n) is 0. The van der Waals surface area contributed by atoms with E-state index in [4.69, 9.17) is 3.40 Å². The van der Waals surface area contributed by atoms with Crippen LogP contribution < -0.4 is 0 Å². The molecule has 1 nitrogen and oxygen atoms in total. The maximum atomic E-state index is 8.33. The van der Waals surface area contributed by atoms with Crippen molar-refractivity contribution in [1.82, 2.24) is 0 Å². The van der Waals surface area contributed by atoms with Crippen molar-refractivity contribution in [1.29, 1.82) is 0 Å². The fraction of sp³-hybridized carbons (Fsp3) is 0. The molecule has 0 heterocycles. The van der Waals surface area contributed by atoms with Crippen molar-refractivity contribution in [3.05, 3.63) is 0 Å². The molecule has 0 spiro atoms. The van der Waals surface area contributed by atoms with Crippen LogP contribution in [0, 0.1) is 0 Å². The van der Waals surface area contributed by atoms with Crippen LogP contribution >= 0.6 is 0 Å². The Kier molecular flexibility index (Phi) is 360. The van der Waals surface area contributed by atoms with E-state index in [1.807, 2.05) is 0 Å². The summed E-state index contributed by atoms with van der Waals surface area (Å²) in [6.07, 6.45) is 0. The quantitative estimate of drug-likeness (QED) is 0.298. The first-order chi connectivity index (χ1) is 1.00. The summed E-state index contributed by atoms with van der Waals surface area (Å²) in [6, 6.07) is 0. The normalized spacial score (nSPS) is 0.500. The predicted octanol–water partition coefficient (Wildman–Crippen LogP) is -0.893. The van der Waals surface area contributed by atoms with Gasteiger partial charge in [0.25, 0.3) is 0 Å². The average Bonchev–Trinajstić information content (AvgIpc) is 1.00. The first-order valence-corrected chi connectivity index (χ1v) is 1.36. The van der Waals surface area contributed by atoms with Gasteiger partial charge in [-0.2, -0.15) is 0 Å². The minimum atomic E-state index is 0. The van der Waals surface area contributed by atoms with Gasteiger partial charge in [0.2, 0.25) is 0 Å². The van der Waals surface area contributed by atoms with E-state index in [0.29, 0.717) is 19.8 Å². The van der Waals surface area contributed by atoms with Gasteiger partial charge in [-0.05, 0) is 0 Å². The van der Waals surface area contributed by atoms with Gasteiger partial charge in [0.1, 0.15) is 0 Å². The van der Waals surface area contributed by atoms with E-state index >= 15 is 0 Å². The molecule has 0 rings (SSSR count). The molecule has 0 aromatic carbocycles. The average molecular weight is 717 g/mol. The minimum absolute atomic E-state index is 0. The number of hydrogen-bond acceptors (Lipinski definition) is 1. The van der Waals surface area contributed by atoms with E-state index in [1.54, 1.807) is 0 Å². The van der Waals surface area contributed by atoms with Gasteiger partial charge in [-0.15, -0.1) is 0 Å². The monoisotopic (exact) mass is 719 g/mol. The zero-order valence-electron chi connectivity index (χ0n) is 3.68. The molecule has 8 heteroatoms. The van der Waals surface area contributed by atoms with Gasteiger partial charge in [-0.25, -0.2) is 0 Å². The second-order valence-corrected chi connectivity index (χ2v) is 0. The summed E-state index contributed by atoms with van der Waals surface area (Å²) in [7, 11) is 0. The van der Waals surface area contributed by atoms with Gasteiger partial charge in [-0.3, -0.25) is 0 Å². The Morgan fingerprint density at radius 3 is 1.12 bits per heavy atom. The molecular weight excluding hydrogens is 717 g/mol. The molecule has 5 radical (unpaired) electrons. The molecule has 0 aromatic rings. The molecule has 0 saturated heterocycles. The molecule has 0 aliphatic rings. The summed E-state index contributed by atoms with van der Waals surface area (Å²) in [5, 5.41) is 0. The van der Waals surface area contributed by atoms with Gasteiger partial charge < -0.3 is 0 Å². The molecule has 0 bridgehead atoms. The Morgan fingerprint density at radius 2 is 1.12 bits per heavy atom. The van der Waals surface area contributed by atoms with Crippen molar-refractivity contribution in [2.75, 3.05) is 0 Å². The van der Waals surface area contributed by atoms with Gasteiger partial charge in [0.05, 0.1) is 0 Å². The SMILES string of the molecule is [Bi].[Co].[Fe].[K].[Mo].[Ni].[O]=[W]. The summed E-state index contributed by atoms with van der Waals surface area (Å²) in [5.41, 5.74) is 0. The third-order valence-corrected chi connectivity index (χ3v) is 0. The Bertz CT molecular complexity index is 24.0. The molecule has 8 heavy (non-hydrogen) atoms. The van der Waals surface area contributed by atoms with Crippen LogP contribution in [-0.4, -0.2) is 77.6 Å². The van der Waals surface area contributed by atoms with Crippen LogP contribution in [-0.2, 0) is 94.6 Å². The standard InChI is InChI=1S/Bi.Co.Fe.K.Mo.Ni.O.W. The second kappa shape index (κ2) is 56.5. The Hall–Kier alpha value is 5.22. The van der Waals surface area contributed by atoms with Gasteiger partial charge >= 0.3 is 23.2 Å². The van der Waals surface area contributed by atoms with Crippen molar-refractivity contribution >= 4 is 77.6 Å². The van der Waals surface area contributed by atoms with E-state index in [-0.39, 0.29) is 149 Å². The molecule has 0 saturated carbocycles. The molecule has 0 N–H and O–H groups in total. The van der Waals surface area contributed by atoms with Crippen molar-refractivity contribution in [3.63, 3.8) is 0 Å². The molecule has 0 fully saturated rings. The van der Waals surface area contributed by atoms with E-state index in [9.17, 15) is 0 Å². The third kappa shape index (κ3) is 43.0. The van der Waals surface area contributed by atoms with Crippen LogP contribution in [0.4, 0.5) is 0 Å². The van der Waals surface area contributed by atoms with Crippen LogP contribution in [0.15, 0.2) is 0 Å². The third-order valence-electron chi connectivity index (χ3n) is 0.